The van der Waals surface area contributed by atoms with Crippen molar-refractivity contribution in [2.24, 2.45) is 10.4 Å². The van der Waals surface area contributed by atoms with E-state index in [0.29, 0.717) is 11.5 Å². The lowest BCUT2D eigenvalue weighted by Crippen LogP contribution is -2.33. The minimum absolute atomic E-state index is 0.00966. The minimum atomic E-state index is -0.873. The number of carboxylic acids is 1. The van der Waals surface area contributed by atoms with Gasteiger partial charge in [-0.05, 0) is 42.9 Å². The molecule has 2 rings (SSSR count). The molecule has 6 nitrogen and oxygen atoms in total. The molecule has 0 aliphatic heterocycles. The van der Waals surface area contributed by atoms with Crippen LogP contribution in [0.3, 0.4) is 0 Å². The number of methoxy groups -OCH3 is 2. The Labute approximate surface area is 148 Å². The molecule has 6 heteroatoms. The topological polar surface area (TPSA) is 80.2 Å². The van der Waals surface area contributed by atoms with E-state index in [0.717, 1.165) is 35.5 Å². The van der Waals surface area contributed by atoms with Crippen LogP contribution in [-0.4, -0.2) is 37.6 Å². The van der Waals surface area contributed by atoms with Gasteiger partial charge in [0, 0.05) is 17.5 Å². The second kappa shape index (κ2) is 7.59. The summed E-state index contributed by atoms with van der Waals surface area (Å²) in [5.74, 6) is 0.416. The van der Waals surface area contributed by atoms with Gasteiger partial charge in [-0.2, -0.15) is 0 Å². The van der Waals surface area contributed by atoms with E-state index in [9.17, 15) is 4.79 Å². The van der Waals surface area contributed by atoms with Gasteiger partial charge in [0.25, 0.3) is 0 Å². The molecule has 0 atom stereocenters. The zero-order chi connectivity index (χ0) is 18.6. The summed E-state index contributed by atoms with van der Waals surface area (Å²) in [6.45, 7) is 6.21. The van der Waals surface area contributed by atoms with Crippen molar-refractivity contribution < 1.29 is 19.4 Å². The van der Waals surface area contributed by atoms with Crippen molar-refractivity contribution in [1.82, 2.24) is 5.32 Å². The van der Waals surface area contributed by atoms with Crippen LogP contribution in [0.5, 0.6) is 11.5 Å². The minimum Gasteiger partial charge on any atom is -0.493 e. The molecule has 0 amide bonds. The van der Waals surface area contributed by atoms with Crippen molar-refractivity contribution in [1.29, 1.82) is 0 Å². The Kier molecular flexibility index (Phi) is 5.72. The number of allylic oxidation sites excluding steroid dienone is 2. The van der Waals surface area contributed by atoms with Crippen LogP contribution in [0, 0.1) is 5.41 Å². The molecule has 0 aromatic heterocycles. The Bertz CT molecular complexity index is 720. The summed E-state index contributed by atoms with van der Waals surface area (Å²) in [6.07, 6.45) is 1.63. The predicted octanol–water partition coefficient (Wildman–Crippen LogP) is 3.54. The smallest absolute Gasteiger partial charge is 0.322 e. The van der Waals surface area contributed by atoms with Crippen LogP contribution in [0.4, 0.5) is 5.69 Å². The van der Waals surface area contributed by atoms with Crippen LogP contribution in [0.2, 0.25) is 0 Å². The van der Waals surface area contributed by atoms with E-state index in [1.54, 1.807) is 14.2 Å². The van der Waals surface area contributed by atoms with Gasteiger partial charge in [0.05, 0.1) is 19.9 Å². The fourth-order valence-corrected chi connectivity index (χ4v) is 2.98. The van der Waals surface area contributed by atoms with Gasteiger partial charge in [0.15, 0.2) is 11.5 Å². The number of hydrogen-bond donors (Lipinski definition) is 2. The normalized spacial score (nSPS) is 18.2. The number of aliphatic imine (C=N–C) groups is 1. The highest BCUT2D eigenvalue weighted by molar-refractivity contribution is 6.03. The molecule has 0 unspecified atom stereocenters. The third kappa shape index (κ3) is 4.75. The second-order valence-corrected chi connectivity index (χ2v) is 6.97. The number of rotatable bonds is 6. The third-order valence-electron chi connectivity index (χ3n) is 4.27. The first-order valence-electron chi connectivity index (χ1n) is 8.21. The van der Waals surface area contributed by atoms with Crippen molar-refractivity contribution in [3.8, 4) is 11.5 Å². The largest absolute Gasteiger partial charge is 0.493 e. The van der Waals surface area contributed by atoms with E-state index >= 15 is 0 Å². The zero-order valence-electron chi connectivity index (χ0n) is 15.5. The van der Waals surface area contributed by atoms with Crippen LogP contribution < -0.4 is 14.8 Å². The molecule has 0 saturated heterocycles. The summed E-state index contributed by atoms with van der Waals surface area (Å²) in [6, 6.07) is 5.55. The first-order chi connectivity index (χ1) is 11.8. The molecule has 1 aliphatic carbocycles. The van der Waals surface area contributed by atoms with Crippen LogP contribution in [0.25, 0.3) is 0 Å². The second-order valence-electron chi connectivity index (χ2n) is 6.97. The highest BCUT2D eigenvalue weighted by Gasteiger charge is 2.30. The van der Waals surface area contributed by atoms with Crippen LogP contribution in [0.15, 0.2) is 34.5 Å². The van der Waals surface area contributed by atoms with E-state index in [-0.39, 0.29) is 12.0 Å². The Morgan fingerprint density at radius 1 is 1.24 bits per heavy atom. The van der Waals surface area contributed by atoms with Crippen LogP contribution in [0.1, 0.15) is 33.6 Å². The number of carbonyl (C=O) groups is 1. The maximum Gasteiger partial charge on any atom is 0.322 e. The first kappa shape index (κ1) is 18.8. The van der Waals surface area contributed by atoms with Gasteiger partial charge in [-0.1, -0.05) is 13.8 Å². The van der Waals surface area contributed by atoms with Gasteiger partial charge in [0.1, 0.15) is 6.54 Å². The van der Waals surface area contributed by atoms with Crippen molar-refractivity contribution in [3.63, 3.8) is 0 Å². The molecule has 1 aromatic carbocycles. The summed E-state index contributed by atoms with van der Waals surface area (Å²) >= 11 is 0. The van der Waals surface area contributed by atoms with E-state index in [1.807, 2.05) is 25.1 Å². The number of nitrogens with zero attached hydrogens (tertiary/aromatic N) is 1. The molecule has 0 bridgehead atoms. The lowest BCUT2D eigenvalue weighted by molar-refractivity contribution is -0.135. The lowest BCUT2D eigenvalue weighted by atomic mass is 9.75. The van der Waals surface area contributed by atoms with Gasteiger partial charge < -0.3 is 19.9 Å². The van der Waals surface area contributed by atoms with Gasteiger partial charge in [-0.25, -0.2) is 0 Å². The van der Waals surface area contributed by atoms with E-state index < -0.39 is 5.97 Å². The maximum absolute atomic E-state index is 10.9. The van der Waals surface area contributed by atoms with Crippen LogP contribution >= 0.6 is 0 Å². The maximum atomic E-state index is 10.9. The quantitative estimate of drug-likeness (QED) is 0.823. The summed E-state index contributed by atoms with van der Waals surface area (Å²) < 4.78 is 10.6. The number of nitrogens with one attached hydrogen (secondary N) is 1. The number of aliphatic carboxylic acids is 1. The van der Waals surface area contributed by atoms with Gasteiger partial charge in [0.2, 0.25) is 0 Å². The molecule has 1 aromatic rings. The highest BCUT2D eigenvalue weighted by Crippen LogP contribution is 2.38. The molecule has 25 heavy (non-hydrogen) atoms. The molecular weight excluding hydrogens is 320 g/mol. The molecular formula is C19H26N2O4. The van der Waals surface area contributed by atoms with E-state index in [1.165, 1.54) is 0 Å². The molecule has 0 fully saturated rings. The predicted molar refractivity (Wildman–Crippen MR) is 98.0 cm³/mol. The van der Waals surface area contributed by atoms with Crippen molar-refractivity contribution in [2.45, 2.75) is 33.6 Å². The number of hydrogen-bond acceptors (Lipinski definition) is 5. The Morgan fingerprint density at radius 3 is 2.52 bits per heavy atom. The van der Waals surface area contributed by atoms with Gasteiger partial charge >= 0.3 is 5.97 Å². The molecule has 0 saturated carbocycles. The average Bonchev–Trinajstić information content (AvgIpc) is 2.55. The van der Waals surface area contributed by atoms with Crippen molar-refractivity contribution in [2.75, 3.05) is 20.8 Å². The summed E-state index contributed by atoms with van der Waals surface area (Å²) in [5, 5.41) is 12.0. The molecule has 0 heterocycles. The third-order valence-corrected chi connectivity index (χ3v) is 4.27. The molecule has 1 aliphatic rings. The average molecular weight is 346 g/mol. The molecule has 0 spiro atoms. The van der Waals surface area contributed by atoms with Gasteiger partial charge in [-0.3, -0.25) is 9.79 Å². The van der Waals surface area contributed by atoms with E-state index in [2.05, 4.69) is 19.2 Å². The zero-order valence-corrected chi connectivity index (χ0v) is 15.5. The molecule has 2 N–H and O–H groups in total. The summed E-state index contributed by atoms with van der Waals surface area (Å²) in [7, 11) is 3.19. The van der Waals surface area contributed by atoms with Crippen LogP contribution in [-0.2, 0) is 4.79 Å². The standard InChI is InChI=1S/C19H26N2O4/c1-12-14(20-11-18(22)23)9-19(2,3)10-15(12)21-13-6-7-16(24-4)17(8-13)25-5/h6-8,20H,9-11H2,1-5H3,(H,22,23). The summed E-state index contributed by atoms with van der Waals surface area (Å²) in [4.78, 5) is 15.7. The van der Waals surface area contributed by atoms with E-state index in [4.69, 9.17) is 19.6 Å². The summed E-state index contributed by atoms with van der Waals surface area (Å²) in [5.41, 5.74) is 3.70. The molecule has 136 valence electrons. The van der Waals surface area contributed by atoms with Crippen molar-refractivity contribution >= 4 is 17.4 Å². The monoisotopic (exact) mass is 346 g/mol. The SMILES string of the molecule is COc1ccc(N=C2CC(C)(C)CC(NCC(=O)O)=C2C)cc1OC. The van der Waals surface area contributed by atoms with Crippen molar-refractivity contribution in [3.05, 3.63) is 29.5 Å². The Balaban J connectivity index is 2.39. The Morgan fingerprint density at radius 2 is 1.92 bits per heavy atom. The van der Waals surface area contributed by atoms with Gasteiger partial charge in [-0.15, -0.1) is 0 Å². The fourth-order valence-electron chi connectivity index (χ4n) is 2.98. The fraction of sp³-hybridized carbons (Fsp3) is 0.474. The first-order valence-corrected chi connectivity index (χ1v) is 8.21. The lowest BCUT2D eigenvalue weighted by Gasteiger charge is -2.33. The Hall–Kier alpha value is -2.50. The molecule has 0 radical (unpaired) electrons. The number of carboxylic acid groups (broad SMARTS) is 1. The number of ether oxygens (including phenoxy) is 2. The number of benzene rings is 1. The highest BCUT2D eigenvalue weighted by atomic mass is 16.5.